The number of phenolic OH excluding ortho intramolecular Hbond substituents is 1. The molecule has 0 aliphatic heterocycles. The lowest BCUT2D eigenvalue weighted by Gasteiger charge is -2.11. The highest BCUT2D eigenvalue weighted by Crippen LogP contribution is 2.34. The van der Waals surface area contributed by atoms with Gasteiger partial charge in [-0.25, -0.2) is 0 Å². The summed E-state index contributed by atoms with van der Waals surface area (Å²) in [4.78, 5) is 1.17. The van der Waals surface area contributed by atoms with Crippen LogP contribution in [0, 0.1) is 0 Å². The Balaban J connectivity index is 2.50. The van der Waals surface area contributed by atoms with Crippen LogP contribution in [-0.2, 0) is 0 Å². The van der Waals surface area contributed by atoms with Gasteiger partial charge in [-0.05, 0) is 17.5 Å². The molecular weight excluding hydrogens is 218 g/mol. The molecule has 2 aromatic rings. The second-order valence-electron chi connectivity index (χ2n) is 3.79. The van der Waals surface area contributed by atoms with Crippen LogP contribution in [0.1, 0.15) is 6.92 Å². The van der Waals surface area contributed by atoms with Gasteiger partial charge in [0.2, 0.25) is 0 Å². The third kappa shape index (κ3) is 2.15. The summed E-state index contributed by atoms with van der Waals surface area (Å²) < 4.78 is 0. The van der Waals surface area contributed by atoms with Gasteiger partial charge < -0.3 is 10.8 Å². The lowest BCUT2D eigenvalue weighted by Crippen LogP contribution is -2.12. The smallest absolute Gasteiger partial charge is 0.123 e. The number of nitrogens with two attached hydrogens (primary N) is 1. The van der Waals surface area contributed by atoms with E-state index < -0.39 is 0 Å². The van der Waals surface area contributed by atoms with Crippen LogP contribution in [0.4, 0.5) is 0 Å². The van der Waals surface area contributed by atoms with E-state index in [0.29, 0.717) is 17.5 Å². The van der Waals surface area contributed by atoms with Crippen molar-refractivity contribution in [2.24, 2.45) is 5.73 Å². The van der Waals surface area contributed by atoms with Gasteiger partial charge >= 0.3 is 0 Å². The molecule has 0 aliphatic carbocycles. The van der Waals surface area contributed by atoms with E-state index in [-0.39, 0.29) is 0 Å². The van der Waals surface area contributed by atoms with Crippen LogP contribution in [0.5, 0.6) is 5.75 Å². The fraction of sp³-hybridized carbons (Fsp3) is 0.231. The molecular formula is C13H15NOS. The van der Waals surface area contributed by atoms with E-state index in [1.165, 1.54) is 4.90 Å². The molecule has 0 bridgehead atoms. The minimum Gasteiger partial charge on any atom is -0.507 e. The first-order valence-electron chi connectivity index (χ1n) is 5.30. The molecule has 84 valence electrons. The standard InChI is InChI=1S/C13H15NOS/c1-9(8-14)16-13-7-6-12(15)10-4-2-3-5-11(10)13/h2-7,9,15H,8,14H2,1H3. The van der Waals surface area contributed by atoms with E-state index in [2.05, 4.69) is 6.92 Å². The van der Waals surface area contributed by atoms with Gasteiger partial charge in [-0.3, -0.25) is 0 Å². The molecule has 2 rings (SSSR count). The molecule has 16 heavy (non-hydrogen) atoms. The Morgan fingerprint density at radius 3 is 2.56 bits per heavy atom. The first-order valence-corrected chi connectivity index (χ1v) is 6.17. The molecule has 0 saturated heterocycles. The van der Waals surface area contributed by atoms with E-state index >= 15 is 0 Å². The van der Waals surface area contributed by atoms with Crippen molar-refractivity contribution in [1.29, 1.82) is 0 Å². The zero-order valence-electron chi connectivity index (χ0n) is 9.18. The maximum Gasteiger partial charge on any atom is 0.123 e. The number of hydrogen-bond donors (Lipinski definition) is 2. The fourth-order valence-electron chi connectivity index (χ4n) is 1.62. The maximum absolute atomic E-state index is 9.75. The van der Waals surface area contributed by atoms with Gasteiger partial charge in [0.05, 0.1) is 0 Å². The van der Waals surface area contributed by atoms with Crippen LogP contribution < -0.4 is 5.73 Å². The van der Waals surface area contributed by atoms with Gasteiger partial charge in [-0.2, -0.15) is 0 Å². The van der Waals surface area contributed by atoms with E-state index in [1.54, 1.807) is 17.8 Å². The number of thioether (sulfide) groups is 1. The average molecular weight is 233 g/mol. The Morgan fingerprint density at radius 2 is 1.88 bits per heavy atom. The Morgan fingerprint density at radius 1 is 1.19 bits per heavy atom. The molecule has 1 unspecified atom stereocenters. The van der Waals surface area contributed by atoms with Crippen LogP contribution >= 0.6 is 11.8 Å². The summed E-state index contributed by atoms with van der Waals surface area (Å²) in [6.07, 6.45) is 0. The number of rotatable bonds is 3. The second kappa shape index (κ2) is 4.76. The molecule has 0 radical (unpaired) electrons. The van der Waals surface area contributed by atoms with Crippen molar-refractivity contribution in [1.82, 2.24) is 0 Å². The lowest BCUT2D eigenvalue weighted by atomic mass is 10.1. The van der Waals surface area contributed by atoms with E-state index in [0.717, 1.165) is 10.8 Å². The third-order valence-electron chi connectivity index (χ3n) is 2.52. The molecule has 0 fully saturated rings. The number of fused-ring (bicyclic) bond motifs is 1. The summed E-state index contributed by atoms with van der Waals surface area (Å²) in [7, 11) is 0. The number of benzene rings is 2. The lowest BCUT2D eigenvalue weighted by molar-refractivity contribution is 0.481. The normalized spacial score (nSPS) is 12.9. The Hall–Kier alpha value is -1.19. The summed E-state index contributed by atoms with van der Waals surface area (Å²) in [5.41, 5.74) is 5.62. The van der Waals surface area contributed by atoms with E-state index in [1.807, 2.05) is 30.3 Å². The molecule has 0 amide bonds. The number of hydrogen-bond acceptors (Lipinski definition) is 3. The topological polar surface area (TPSA) is 46.2 Å². The van der Waals surface area contributed by atoms with Crippen LogP contribution in [0.2, 0.25) is 0 Å². The molecule has 1 atom stereocenters. The minimum atomic E-state index is 0.334. The first kappa shape index (κ1) is 11.3. The highest BCUT2D eigenvalue weighted by Gasteiger charge is 2.08. The molecule has 0 saturated carbocycles. The number of phenols is 1. The van der Waals surface area contributed by atoms with Crippen molar-refractivity contribution in [3.8, 4) is 5.75 Å². The predicted octanol–water partition coefficient (Wildman–Crippen LogP) is 2.98. The maximum atomic E-state index is 9.75. The van der Waals surface area contributed by atoms with Gasteiger partial charge in [-0.1, -0.05) is 31.2 Å². The Bertz CT molecular complexity index is 498. The molecule has 3 heteroatoms. The minimum absolute atomic E-state index is 0.334. The summed E-state index contributed by atoms with van der Waals surface area (Å²) in [6.45, 7) is 2.76. The van der Waals surface area contributed by atoms with Crippen LogP contribution in [0.25, 0.3) is 10.8 Å². The highest BCUT2D eigenvalue weighted by atomic mass is 32.2. The van der Waals surface area contributed by atoms with Crippen molar-refractivity contribution in [2.75, 3.05) is 6.54 Å². The molecule has 0 aliphatic rings. The molecule has 0 aromatic heterocycles. The first-order chi connectivity index (χ1) is 7.72. The van der Waals surface area contributed by atoms with Crippen molar-refractivity contribution in [2.45, 2.75) is 17.1 Å². The van der Waals surface area contributed by atoms with Gasteiger partial charge in [-0.15, -0.1) is 11.8 Å². The van der Waals surface area contributed by atoms with Crippen LogP contribution in [-0.4, -0.2) is 16.9 Å². The summed E-state index contributed by atoms with van der Waals surface area (Å²) in [6, 6.07) is 11.6. The highest BCUT2D eigenvalue weighted by molar-refractivity contribution is 8.00. The van der Waals surface area contributed by atoms with Crippen LogP contribution in [0.15, 0.2) is 41.3 Å². The zero-order chi connectivity index (χ0) is 11.5. The third-order valence-corrected chi connectivity index (χ3v) is 3.73. The van der Waals surface area contributed by atoms with Gasteiger partial charge in [0.1, 0.15) is 5.75 Å². The van der Waals surface area contributed by atoms with Crippen molar-refractivity contribution in [3.05, 3.63) is 36.4 Å². The van der Waals surface area contributed by atoms with Gasteiger partial charge in [0.15, 0.2) is 0 Å². The summed E-state index contributed by atoms with van der Waals surface area (Å²) >= 11 is 1.75. The van der Waals surface area contributed by atoms with Gasteiger partial charge in [0.25, 0.3) is 0 Å². The molecule has 2 nitrogen and oxygen atoms in total. The van der Waals surface area contributed by atoms with E-state index in [4.69, 9.17) is 5.73 Å². The molecule has 3 N–H and O–H groups in total. The average Bonchev–Trinajstić information content (AvgIpc) is 2.33. The Kier molecular flexibility index (Phi) is 3.36. The molecule has 0 spiro atoms. The summed E-state index contributed by atoms with van der Waals surface area (Å²) in [5, 5.41) is 12.1. The summed E-state index contributed by atoms with van der Waals surface area (Å²) in [5.74, 6) is 0.334. The van der Waals surface area contributed by atoms with Crippen LogP contribution in [0.3, 0.4) is 0 Å². The van der Waals surface area contributed by atoms with E-state index in [9.17, 15) is 5.11 Å². The molecule has 0 heterocycles. The largest absolute Gasteiger partial charge is 0.507 e. The van der Waals surface area contributed by atoms with Gasteiger partial charge in [0, 0.05) is 22.1 Å². The zero-order valence-corrected chi connectivity index (χ0v) is 10.00. The Labute approximate surface area is 99.5 Å². The fourth-order valence-corrected chi connectivity index (χ4v) is 2.60. The van der Waals surface area contributed by atoms with Crippen molar-refractivity contribution < 1.29 is 5.11 Å². The quantitative estimate of drug-likeness (QED) is 0.801. The molecule has 2 aromatic carbocycles. The number of aromatic hydroxyl groups is 1. The second-order valence-corrected chi connectivity index (χ2v) is 5.27. The monoisotopic (exact) mass is 233 g/mol. The van der Waals surface area contributed by atoms with Crippen molar-refractivity contribution >= 4 is 22.5 Å². The SMILES string of the molecule is CC(CN)Sc1ccc(O)c2ccccc12. The predicted molar refractivity (Wildman–Crippen MR) is 70.0 cm³/mol. The van der Waals surface area contributed by atoms with Crippen molar-refractivity contribution in [3.63, 3.8) is 0 Å².